The van der Waals surface area contributed by atoms with Crippen LogP contribution in [-0.4, -0.2) is 17.1 Å². The second-order valence-electron chi connectivity index (χ2n) is 3.92. The van der Waals surface area contributed by atoms with E-state index in [-0.39, 0.29) is 10.6 Å². The minimum atomic E-state index is -4.52. The number of carbonyl (C=O) groups is 3. The molecule has 9 heteroatoms. The molecule has 110 valence electrons. The van der Waals surface area contributed by atoms with Gasteiger partial charge in [-0.2, -0.15) is 13.2 Å². The van der Waals surface area contributed by atoms with Gasteiger partial charge in [0, 0.05) is 11.8 Å². The molecule has 1 aromatic rings. The third-order valence-electron chi connectivity index (χ3n) is 2.36. The highest BCUT2D eigenvalue weighted by Crippen LogP contribution is 2.30. The summed E-state index contributed by atoms with van der Waals surface area (Å²) in [5.41, 5.74) is -0.975. The maximum absolute atomic E-state index is 12.5. The van der Waals surface area contributed by atoms with Crippen LogP contribution in [0.5, 0.6) is 0 Å². The van der Waals surface area contributed by atoms with Crippen LogP contribution in [0, 0.1) is 0 Å². The Labute approximate surface area is 120 Å². The number of nitrogens with one attached hydrogen (secondary N) is 2. The Bertz CT molecular complexity index is 655. The maximum Gasteiger partial charge on any atom is 0.416 e. The van der Waals surface area contributed by atoms with E-state index in [1.54, 1.807) is 0 Å². The molecular weight excluding hydrogens is 309 g/mol. The van der Waals surface area contributed by atoms with Crippen LogP contribution < -0.4 is 10.6 Å². The molecule has 1 saturated heterocycles. The molecule has 2 N–H and O–H groups in total. The molecule has 5 nitrogen and oxygen atoms in total. The van der Waals surface area contributed by atoms with Gasteiger partial charge in [-0.1, -0.05) is 6.07 Å². The highest BCUT2D eigenvalue weighted by molar-refractivity contribution is 8.18. The summed E-state index contributed by atoms with van der Waals surface area (Å²) in [5.74, 6) is -1.52. The molecule has 21 heavy (non-hydrogen) atoms. The molecule has 3 amide bonds. The average Bonchev–Trinajstić information content (AvgIpc) is 2.67. The molecule has 0 atom stereocenters. The van der Waals surface area contributed by atoms with E-state index in [0.717, 1.165) is 24.3 Å². The fourth-order valence-corrected chi connectivity index (χ4v) is 2.14. The Kier molecular flexibility index (Phi) is 4.03. The largest absolute Gasteiger partial charge is 0.416 e. The van der Waals surface area contributed by atoms with Crippen LogP contribution in [0.1, 0.15) is 5.56 Å². The van der Waals surface area contributed by atoms with Crippen LogP contribution in [0.25, 0.3) is 0 Å². The Morgan fingerprint density at radius 3 is 2.57 bits per heavy atom. The fraction of sp³-hybridized carbons (Fsp3) is 0.0833. The Hall–Kier alpha value is -2.29. The predicted molar refractivity (Wildman–Crippen MR) is 69.3 cm³/mol. The summed E-state index contributed by atoms with van der Waals surface area (Å²) in [6.07, 6.45) is -3.67. The van der Waals surface area contributed by atoms with Gasteiger partial charge in [0.1, 0.15) is 0 Å². The van der Waals surface area contributed by atoms with Gasteiger partial charge in [-0.15, -0.1) is 0 Å². The summed E-state index contributed by atoms with van der Waals surface area (Å²) in [6.45, 7) is 0. The summed E-state index contributed by atoms with van der Waals surface area (Å²) in [4.78, 5) is 33.6. The Morgan fingerprint density at radius 2 is 2.00 bits per heavy atom. The number of amides is 3. The molecule has 1 fully saturated rings. The van der Waals surface area contributed by atoms with Crippen molar-refractivity contribution in [3.8, 4) is 0 Å². The SMILES string of the molecule is O=C(/C=C1\SC(=O)NC1=O)Nc1cccc(C(F)(F)F)c1. The molecule has 0 spiro atoms. The van der Waals surface area contributed by atoms with Crippen molar-refractivity contribution in [3.05, 3.63) is 40.8 Å². The molecule has 2 rings (SSSR count). The summed E-state index contributed by atoms with van der Waals surface area (Å²) in [7, 11) is 0. The van der Waals surface area contributed by atoms with Gasteiger partial charge in [-0.25, -0.2) is 0 Å². The molecule has 1 aromatic carbocycles. The first-order chi connectivity index (χ1) is 9.75. The first kappa shape index (κ1) is 15.1. The number of benzene rings is 1. The van der Waals surface area contributed by atoms with E-state index in [1.165, 1.54) is 6.07 Å². The van der Waals surface area contributed by atoms with E-state index in [9.17, 15) is 27.6 Å². The fourth-order valence-electron chi connectivity index (χ4n) is 1.49. The van der Waals surface area contributed by atoms with E-state index in [2.05, 4.69) is 5.32 Å². The molecular formula is C12H7F3N2O3S. The molecule has 0 saturated carbocycles. The third kappa shape index (κ3) is 3.85. The van der Waals surface area contributed by atoms with Crippen LogP contribution in [0.4, 0.5) is 23.7 Å². The lowest BCUT2D eigenvalue weighted by molar-refractivity contribution is -0.137. The maximum atomic E-state index is 12.5. The zero-order valence-electron chi connectivity index (χ0n) is 10.2. The zero-order valence-corrected chi connectivity index (χ0v) is 11.0. The zero-order chi connectivity index (χ0) is 15.6. The summed E-state index contributed by atoms with van der Waals surface area (Å²) in [5, 5.41) is 3.54. The van der Waals surface area contributed by atoms with Crippen molar-refractivity contribution < 1.29 is 27.6 Å². The van der Waals surface area contributed by atoms with Gasteiger partial charge in [-0.3, -0.25) is 19.7 Å². The minimum absolute atomic E-state index is 0.0681. The lowest BCUT2D eigenvalue weighted by atomic mass is 10.2. The number of hydrogen-bond donors (Lipinski definition) is 2. The highest BCUT2D eigenvalue weighted by Gasteiger charge is 2.30. The average molecular weight is 316 g/mol. The van der Waals surface area contributed by atoms with E-state index >= 15 is 0 Å². The van der Waals surface area contributed by atoms with Crippen molar-refractivity contribution in [3.63, 3.8) is 0 Å². The molecule has 0 unspecified atom stereocenters. The molecule has 0 aromatic heterocycles. The van der Waals surface area contributed by atoms with Crippen molar-refractivity contribution >= 4 is 34.5 Å². The van der Waals surface area contributed by atoms with Crippen molar-refractivity contribution in [2.75, 3.05) is 5.32 Å². The summed E-state index contributed by atoms with van der Waals surface area (Å²) < 4.78 is 37.5. The number of anilines is 1. The van der Waals surface area contributed by atoms with Crippen molar-refractivity contribution in [2.24, 2.45) is 0 Å². The molecule has 0 bridgehead atoms. The van der Waals surface area contributed by atoms with Gasteiger partial charge in [0.2, 0.25) is 5.91 Å². The standard InChI is InChI=1S/C12H7F3N2O3S/c13-12(14,15)6-2-1-3-7(4-6)16-9(18)5-8-10(19)17-11(20)21-8/h1-5H,(H,16,18)(H,17,19,20)/b8-5-. The van der Waals surface area contributed by atoms with E-state index < -0.39 is 28.8 Å². The van der Waals surface area contributed by atoms with E-state index in [4.69, 9.17) is 0 Å². The van der Waals surface area contributed by atoms with Crippen LogP contribution in [-0.2, 0) is 15.8 Å². The number of halogens is 3. The number of hydrogen-bond acceptors (Lipinski definition) is 4. The first-order valence-electron chi connectivity index (χ1n) is 5.49. The van der Waals surface area contributed by atoms with Gasteiger partial charge >= 0.3 is 6.18 Å². The molecule has 0 radical (unpaired) electrons. The second kappa shape index (κ2) is 5.60. The van der Waals surface area contributed by atoms with Gasteiger partial charge < -0.3 is 5.32 Å². The first-order valence-corrected chi connectivity index (χ1v) is 6.30. The monoisotopic (exact) mass is 316 g/mol. The van der Waals surface area contributed by atoms with Crippen LogP contribution in [0.2, 0.25) is 0 Å². The van der Waals surface area contributed by atoms with Crippen molar-refractivity contribution in [2.45, 2.75) is 6.18 Å². The summed E-state index contributed by atoms with van der Waals surface area (Å²) >= 11 is 0.541. The topological polar surface area (TPSA) is 75.3 Å². The normalized spacial score (nSPS) is 17.0. The van der Waals surface area contributed by atoms with E-state index in [0.29, 0.717) is 11.8 Å². The highest BCUT2D eigenvalue weighted by atomic mass is 32.2. The van der Waals surface area contributed by atoms with Gasteiger partial charge in [0.25, 0.3) is 11.1 Å². The van der Waals surface area contributed by atoms with Crippen LogP contribution in [0.15, 0.2) is 35.2 Å². The molecule has 1 aliphatic heterocycles. The lowest BCUT2D eigenvalue weighted by Crippen LogP contribution is -2.19. The molecule has 1 heterocycles. The Morgan fingerprint density at radius 1 is 1.29 bits per heavy atom. The van der Waals surface area contributed by atoms with E-state index in [1.807, 2.05) is 5.32 Å². The molecule has 0 aliphatic carbocycles. The predicted octanol–water partition coefficient (Wildman–Crippen LogP) is 2.51. The minimum Gasteiger partial charge on any atom is -0.322 e. The van der Waals surface area contributed by atoms with Crippen LogP contribution in [0.3, 0.4) is 0 Å². The van der Waals surface area contributed by atoms with Crippen molar-refractivity contribution in [1.82, 2.24) is 5.32 Å². The third-order valence-corrected chi connectivity index (χ3v) is 3.17. The Balaban J connectivity index is 2.12. The van der Waals surface area contributed by atoms with Crippen molar-refractivity contribution in [1.29, 1.82) is 0 Å². The number of thioether (sulfide) groups is 1. The number of imide groups is 1. The van der Waals surface area contributed by atoms with Crippen LogP contribution >= 0.6 is 11.8 Å². The smallest absolute Gasteiger partial charge is 0.322 e. The van der Waals surface area contributed by atoms with Gasteiger partial charge in [0.05, 0.1) is 10.5 Å². The quantitative estimate of drug-likeness (QED) is 0.822. The number of alkyl halides is 3. The summed E-state index contributed by atoms with van der Waals surface area (Å²) in [6, 6.07) is 4.06. The van der Waals surface area contributed by atoms with Gasteiger partial charge in [0.15, 0.2) is 0 Å². The number of carbonyl (C=O) groups excluding carboxylic acids is 3. The second-order valence-corrected chi connectivity index (χ2v) is 4.93. The number of rotatable bonds is 2. The molecule has 1 aliphatic rings. The van der Waals surface area contributed by atoms with Gasteiger partial charge in [-0.05, 0) is 30.0 Å². The lowest BCUT2D eigenvalue weighted by Gasteiger charge is -2.08.